The van der Waals surface area contributed by atoms with Crippen LogP contribution in [0.1, 0.15) is 24.9 Å². The molecule has 1 aromatic carbocycles. The second-order valence-corrected chi connectivity index (χ2v) is 6.86. The van der Waals surface area contributed by atoms with Crippen molar-refractivity contribution in [1.29, 1.82) is 0 Å². The van der Waals surface area contributed by atoms with E-state index in [-0.39, 0.29) is 25.5 Å². The lowest BCUT2D eigenvalue weighted by atomic mass is 9.89. The molecule has 132 valence electrons. The third-order valence-corrected chi connectivity index (χ3v) is 5.35. The van der Waals surface area contributed by atoms with Gasteiger partial charge in [0, 0.05) is 24.7 Å². The second kappa shape index (κ2) is 7.09. The molecular formula is C17H23ClN2O4. The molecule has 1 fully saturated rings. The Labute approximate surface area is 146 Å². The van der Waals surface area contributed by atoms with Crippen LogP contribution in [0, 0.1) is 5.92 Å². The average molecular weight is 355 g/mol. The van der Waals surface area contributed by atoms with Crippen molar-refractivity contribution in [1.82, 2.24) is 9.80 Å². The molecule has 6 nitrogen and oxygen atoms in total. The first kappa shape index (κ1) is 18.7. The average Bonchev–Trinajstić information content (AvgIpc) is 2.81. The van der Waals surface area contributed by atoms with E-state index in [1.807, 2.05) is 12.1 Å². The summed E-state index contributed by atoms with van der Waals surface area (Å²) in [5.74, 6) is -1.71. The Morgan fingerprint density at radius 3 is 2.58 bits per heavy atom. The smallest absolute Gasteiger partial charge is 0.323 e. The lowest BCUT2D eigenvalue weighted by Gasteiger charge is -2.32. The van der Waals surface area contributed by atoms with Crippen molar-refractivity contribution in [3.63, 3.8) is 0 Å². The molecule has 2 rings (SSSR count). The lowest BCUT2D eigenvalue weighted by Crippen LogP contribution is -2.46. The number of aliphatic carboxylic acids is 1. The van der Waals surface area contributed by atoms with Crippen molar-refractivity contribution in [2.45, 2.75) is 24.9 Å². The summed E-state index contributed by atoms with van der Waals surface area (Å²) in [5.41, 5.74) is -0.424. The highest BCUT2D eigenvalue weighted by Gasteiger charge is 2.55. The number of halogens is 1. The van der Waals surface area contributed by atoms with Crippen molar-refractivity contribution < 1.29 is 19.8 Å². The van der Waals surface area contributed by atoms with Gasteiger partial charge < -0.3 is 15.1 Å². The molecule has 1 saturated heterocycles. The number of carboxylic acids is 1. The number of nitrogens with zero attached hydrogens (tertiary/aromatic N) is 2. The van der Waals surface area contributed by atoms with Crippen LogP contribution in [0.15, 0.2) is 24.3 Å². The maximum absolute atomic E-state index is 12.8. The predicted octanol–water partition coefficient (Wildman–Crippen LogP) is 1.63. The quantitative estimate of drug-likeness (QED) is 0.840. The molecule has 0 saturated carbocycles. The third kappa shape index (κ3) is 3.14. The normalized spacial score (nSPS) is 27.2. The number of hydrogen-bond donors (Lipinski definition) is 2. The summed E-state index contributed by atoms with van der Waals surface area (Å²) in [5, 5.41) is 19.3. The number of likely N-dealkylation sites (tertiary alicyclic amines) is 1. The Morgan fingerprint density at radius 2 is 2.04 bits per heavy atom. The monoisotopic (exact) mass is 354 g/mol. The standard InChI is InChI=1S/C17H23ClN2O4/c1-17(16(23)24)10-12(15(22)19(2)8-9-21)14(20(17)3)11-6-4-5-7-13(11)18/h4-7,12,14,21H,8-10H2,1-3H3,(H,23,24)/t12-,14-,17-/m0/s1. The Bertz CT molecular complexity index is 639. The van der Waals surface area contributed by atoms with E-state index in [0.29, 0.717) is 5.02 Å². The van der Waals surface area contributed by atoms with E-state index in [9.17, 15) is 14.7 Å². The molecule has 3 atom stereocenters. The molecule has 0 radical (unpaired) electrons. The SMILES string of the molecule is CN(CCO)C(=O)[C@H]1C[C@@](C)(C(=O)O)N(C)[C@H]1c1ccccc1Cl. The Balaban J connectivity index is 2.48. The molecule has 24 heavy (non-hydrogen) atoms. The molecule has 0 unspecified atom stereocenters. The number of likely N-dealkylation sites (N-methyl/N-ethyl adjacent to an activating group) is 2. The molecular weight excluding hydrogens is 332 g/mol. The van der Waals surface area contributed by atoms with Gasteiger partial charge in [-0.1, -0.05) is 29.8 Å². The van der Waals surface area contributed by atoms with E-state index >= 15 is 0 Å². The summed E-state index contributed by atoms with van der Waals surface area (Å²) in [6.07, 6.45) is 0.184. The van der Waals surface area contributed by atoms with Gasteiger partial charge in [-0.05, 0) is 32.0 Å². The molecule has 0 spiro atoms. The summed E-state index contributed by atoms with van der Waals surface area (Å²) in [4.78, 5) is 27.8. The molecule has 1 aliphatic rings. The first-order chi connectivity index (χ1) is 11.2. The first-order valence-corrected chi connectivity index (χ1v) is 8.18. The van der Waals surface area contributed by atoms with E-state index in [4.69, 9.17) is 16.7 Å². The number of aliphatic hydroxyl groups is 1. The highest BCUT2D eigenvalue weighted by atomic mass is 35.5. The van der Waals surface area contributed by atoms with Gasteiger partial charge in [-0.15, -0.1) is 0 Å². The highest BCUT2D eigenvalue weighted by Crippen LogP contribution is 2.47. The topological polar surface area (TPSA) is 81.1 Å². The fourth-order valence-corrected chi connectivity index (χ4v) is 3.65. The number of amides is 1. The number of carbonyl (C=O) groups is 2. The fourth-order valence-electron chi connectivity index (χ4n) is 3.40. The van der Waals surface area contributed by atoms with Gasteiger partial charge in [-0.3, -0.25) is 14.5 Å². The Kier molecular flexibility index (Phi) is 5.52. The van der Waals surface area contributed by atoms with Gasteiger partial charge in [0.1, 0.15) is 5.54 Å². The number of carboxylic acid groups (broad SMARTS) is 1. The third-order valence-electron chi connectivity index (χ3n) is 5.01. The number of benzene rings is 1. The molecule has 1 aromatic rings. The van der Waals surface area contributed by atoms with Gasteiger partial charge in [0.15, 0.2) is 0 Å². The van der Waals surface area contributed by atoms with E-state index in [0.717, 1.165) is 5.56 Å². The van der Waals surface area contributed by atoms with E-state index < -0.39 is 23.5 Å². The maximum atomic E-state index is 12.8. The zero-order valence-corrected chi connectivity index (χ0v) is 14.8. The van der Waals surface area contributed by atoms with Crippen molar-refractivity contribution in [3.8, 4) is 0 Å². The van der Waals surface area contributed by atoms with Crippen LogP contribution in [0.4, 0.5) is 0 Å². The van der Waals surface area contributed by atoms with Crippen LogP contribution in [-0.4, -0.2) is 64.7 Å². The van der Waals surface area contributed by atoms with Crippen LogP contribution in [-0.2, 0) is 9.59 Å². The largest absolute Gasteiger partial charge is 0.480 e. The van der Waals surface area contributed by atoms with Gasteiger partial charge in [0.05, 0.1) is 12.5 Å². The minimum atomic E-state index is -1.16. The molecule has 2 N–H and O–H groups in total. The second-order valence-electron chi connectivity index (χ2n) is 6.45. The summed E-state index contributed by atoms with van der Waals surface area (Å²) in [7, 11) is 3.32. The minimum absolute atomic E-state index is 0.141. The van der Waals surface area contributed by atoms with Crippen LogP contribution in [0.3, 0.4) is 0 Å². The number of carbonyl (C=O) groups excluding carboxylic acids is 1. The van der Waals surface area contributed by atoms with Crippen LogP contribution in [0.25, 0.3) is 0 Å². The van der Waals surface area contributed by atoms with Crippen molar-refractivity contribution in [3.05, 3.63) is 34.9 Å². The Morgan fingerprint density at radius 1 is 1.42 bits per heavy atom. The Hall–Kier alpha value is -1.63. The molecule has 1 heterocycles. The minimum Gasteiger partial charge on any atom is -0.480 e. The lowest BCUT2D eigenvalue weighted by molar-refractivity contribution is -0.148. The van der Waals surface area contributed by atoms with Crippen molar-refractivity contribution >= 4 is 23.5 Å². The summed E-state index contributed by atoms with van der Waals surface area (Å²) >= 11 is 6.31. The molecule has 0 aromatic heterocycles. The van der Waals surface area contributed by atoms with Crippen molar-refractivity contribution in [2.24, 2.45) is 5.92 Å². The van der Waals surface area contributed by atoms with Crippen LogP contribution < -0.4 is 0 Å². The van der Waals surface area contributed by atoms with Gasteiger partial charge in [-0.25, -0.2) is 0 Å². The zero-order chi connectivity index (χ0) is 18.1. The molecule has 7 heteroatoms. The molecule has 0 bridgehead atoms. The van der Waals surface area contributed by atoms with Gasteiger partial charge in [0.2, 0.25) is 5.91 Å². The van der Waals surface area contributed by atoms with Crippen LogP contribution in [0.5, 0.6) is 0 Å². The number of hydrogen-bond acceptors (Lipinski definition) is 4. The number of aliphatic hydroxyl groups excluding tert-OH is 1. The van der Waals surface area contributed by atoms with Gasteiger partial charge in [-0.2, -0.15) is 0 Å². The highest BCUT2D eigenvalue weighted by molar-refractivity contribution is 6.31. The summed E-state index contributed by atoms with van der Waals surface area (Å²) in [6.45, 7) is 1.69. The molecule has 0 aliphatic carbocycles. The van der Waals surface area contributed by atoms with Crippen LogP contribution in [0.2, 0.25) is 5.02 Å². The van der Waals surface area contributed by atoms with E-state index in [1.165, 1.54) is 4.90 Å². The van der Waals surface area contributed by atoms with Crippen molar-refractivity contribution in [2.75, 3.05) is 27.2 Å². The maximum Gasteiger partial charge on any atom is 0.323 e. The first-order valence-electron chi connectivity index (χ1n) is 7.80. The summed E-state index contributed by atoms with van der Waals surface area (Å²) < 4.78 is 0. The van der Waals surface area contributed by atoms with E-state index in [2.05, 4.69) is 0 Å². The van der Waals surface area contributed by atoms with E-state index in [1.54, 1.807) is 38.1 Å². The molecule has 1 amide bonds. The number of rotatable bonds is 5. The van der Waals surface area contributed by atoms with Gasteiger partial charge in [0.25, 0.3) is 0 Å². The molecule has 1 aliphatic heterocycles. The fraction of sp³-hybridized carbons (Fsp3) is 0.529. The zero-order valence-electron chi connectivity index (χ0n) is 14.1. The predicted molar refractivity (Wildman–Crippen MR) is 90.8 cm³/mol. The van der Waals surface area contributed by atoms with Gasteiger partial charge >= 0.3 is 5.97 Å². The summed E-state index contributed by atoms with van der Waals surface area (Å²) in [6, 6.07) is 6.74. The van der Waals surface area contributed by atoms with Crippen LogP contribution >= 0.6 is 11.6 Å².